The number of halogens is 1. The molecule has 0 radical (unpaired) electrons. The number of carbonyl (C=O) groups is 1. The van der Waals surface area contributed by atoms with E-state index in [1.165, 1.54) is 0 Å². The predicted octanol–water partition coefficient (Wildman–Crippen LogP) is 1.78. The molecule has 1 aliphatic rings. The van der Waals surface area contributed by atoms with Crippen LogP contribution in [-0.2, 0) is 10.2 Å². The van der Waals surface area contributed by atoms with Gasteiger partial charge in [-0.15, -0.1) is 17.0 Å². The van der Waals surface area contributed by atoms with Crippen LogP contribution in [0.4, 0.5) is 0 Å². The maximum atomic E-state index is 10.9. The van der Waals surface area contributed by atoms with Crippen molar-refractivity contribution in [2.45, 2.75) is 18.3 Å². The summed E-state index contributed by atoms with van der Waals surface area (Å²) in [4.78, 5) is 14.8. The Morgan fingerprint density at radius 3 is 2.62 bits per heavy atom. The van der Waals surface area contributed by atoms with E-state index in [0.29, 0.717) is 0 Å². The van der Waals surface area contributed by atoms with Gasteiger partial charge in [-0.1, -0.05) is 6.07 Å². The Morgan fingerprint density at radius 2 is 2.23 bits per heavy atom. The molecule has 1 aromatic rings. The zero-order chi connectivity index (χ0) is 8.60. The first-order chi connectivity index (χ1) is 5.76. The molecule has 0 atom stereocenters. The number of carboxylic acids is 1. The Balaban J connectivity index is 0.000000845. The van der Waals surface area contributed by atoms with E-state index in [1.54, 1.807) is 18.5 Å². The average molecular weight is 244 g/mol. The second-order valence-corrected chi connectivity index (χ2v) is 3.13. The Bertz CT molecular complexity index is 309. The normalized spacial score (nSPS) is 17.2. The van der Waals surface area contributed by atoms with E-state index < -0.39 is 11.4 Å². The van der Waals surface area contributed by atoms with Crippen LogP contribution in [-0.4, -0.2) is 16.1 Å². The third-order valence-electron chi connectivity index (χ3n) is 2.37. The second-order valence-electron chi connectivity index (χ2n) is 3.13. The topological polar surface area (TPSA) is 50.2 Å². The minimum absolute atomic E-state index is 0. The highest BCUT2D eigenvalue weighted by molar-refractivity contribution is 8.93. The second kappa shape index (κ2) is 3.46. The Morgan fingerprint density at radius 1 is 1.54 bits per heavy atom. The first-order valence-corrected chi connectivity index (χ1v) is 3.90. The maximum absolute atomic E-state index is 10.9. The van der Waals surface area contributed by atoms with Crippen LogP contribution in [0.2, 0.25) is 0 Å². The van der Waals surface area contributed by atoms with Crippen LogP contribution in [0.15, 0.2) is 24.5 Å². The van der Waals surface area contributed by atoms with Crippen molar-refractivity contribution in [1.82, 2.24) is 4.98 Å². The van der Waals surface area contributed by atoms with Gasteiger partial charge in [0.25, 0.3) is 0 Å². The van der Waals surface area contributed by atoms with Crippen molar-refractivity contribution in [2.75, 3.05) is 0 Å². The fourth-order valence-corrected chi connectivity index (χ4v) is 1.40. The molecule has 0 saturated heterocycles. The number of rotatable bonds is 2. The first-order valence-electron chi connectivity index (χ1n) is 3.90. The average Bonchev–Trinajstić information content (AvgIpc) is 2.86. The summed E-state index contributed by atoms with van der Waals surface area (Å²) in [6, 6.07) is 3.60. The Kier molecular flexibility index (Phi) is 2.71. The summed E-state index contributed by atoms with van der Waals surface area (Å²) in [5.41, 5.74) is 0.228. The summed E-state index contributed by atoms with van der Waals surface area (Å²) in [6.07, 6.45) is 4.78. The quantitative estimate of drug-likeness (QED) is 0.862. The van der Waals surface area contributed by atoms with E-state index in [0.717, 1.165) is 18.4 Å². The Hall–Kier alpha value is -0.900. The Labute approximate surface area is 86.6 Å². The summed E-state index contributed by atoms with van der Waals surface area (Å²) in [5, 5.41) is 8.93. The molecule has 1 aromatic heterocycles. The molecule has 13 heavy (non-hydrogen) atoms. The highest BCUT2D eigenvalue weighted by Gasteiger charge is 2.51. The lowest BCUT2D eigenvalue weighted by molar-refractivity contribution is -0.140. The molecule has 4 heteroatoms. The molecule has 1 heterocycles. The molecule has 0 amide bonds. The lowest BCUT2D eigenvalue weighted by Gasteiger charge is -2.07. The van der Waals surface area contributed by atoms with E-state index in [-0.39, 0.29) is 17.0 Å². The van der Waals surface area contributed by atoms with Gasteiger partial charge in [0.1, 0.15) is 0 Å². The monoisotopic (exact) mass is 243 g/mol. The lowest BCUT2D eigenvalue weighted by atomic mass is 9.98. The summed E-state index contributed by atoms with van der Waals surface area (Å²) in [6.45, 7) is 0. The summed E-state index contributed by atoms with van der Waals surface area (Å²) in [5.74, 6) is -0.726. The molecular formula is C9H10BrNO2. The molecule has 0 aromatic carbocycles. The van der Waals surface area contributed by atoms with Gasteiger partial charge in [-0.2, -0.15) is 0 Å². The molecular weight excluding hydrogens is 234 g/mol. The molecule has 0 aliphatic heterocycles. The molecule has 1 aliphatic carbocycles. The van der Waals surface area contributed by atoms with E-state index >= 15 is 0 Å². The summed E-state index contributed by atoms with van der Waals surface area (Å²) >= 11 is 0. The van der Waals surface area contributed by atoms with E-state index in [9.17, 15) is 4.79 Å². The van der Waals surface area contributed by atoms with Crippen molar-refractivity contribution < 1.29 is 9.90 Å². The van der Waals surface area contributed by atoms with Crippen LogP contribution in [0, 0.1) is 0 Å². The van der Waals surface area contributed by atoms with Gasteiger partial charge in [0, 0.05) is 12.4 Å². The fourth-order valence-electron chi connectivity index (χ4n) is 1.40. The lowest BCUT2D eigenvalue weighted by Crippen LogP contribution is -2.19. The number of hydrogen-bond donors (Lipinski definition) is 1. The number of aliphatic carboxylic acids is 1. The van der Waals surface area contributed by atoms with Gasteiger partial charge in [-0.25, -0.2) is 0 Å². The number of aromatic nitrogens is 1. The number of hydrogen-bond acceptors (Lipinski definition) is 2. The third kappa shape index (κ3) is 1.58. The van der Waals surface area contributed by atoms with Gasteiger partial charge < -0.3 is 5.11 Å². The van der Waals surface area contributed by atoms with Crippen molar-refractivity contribution in [3.63, 3.8) is 0 Å². The molecule has 1 saturated carbocycles. The van der Waals surface area contributed by atoms with E-state index in [4.69, 9.17) is 5.11 Å². The van der Waals surface area contributed by atoms with Crippen LogP contribution in [0.25, 0.3) is 0 Å². The standard InChI is InChI=1S/C9H9NO2.BrH/c11-8(12)9(3-4-9)7-2-1-5-10-6-7;/h1-2,5-6H,3-4H2,(H,11,12);1H. The molecule has 0 unspecified atom stereocenters. The molecule has 3 nitrogen and oxygen atoms in total. The molecule has 2 rings (SSSR count). The van der Waals surface area contributed by atoms with Crippen molar-refractivity contribution >= 4 is 23.0 Å². The van der Waals surface area contributed by atoms with E-state index in [1.807, 2.05) is 6.07 Å². The van der Waals surface area contributed by atoms with Crippen LogP contribution in [0.3, 0.4) is 0 Å². The van der Waals surface area contributed by atoms with Gasteiger partial charge in [-0.05, 0) is 24.5 Å². The molecule has 1 fully saturated rings. The minimum Gasteiger partial charge on any atom is -0.481 e. The molecule has 70 valence electrons. The third-order valence-corrected chi connectivity index (χ3v) is 2.37. The fraction of sp³-hybridized carbons (Fsp3) is 0.333. The zero-order valence-corrected chi connectivity index (χ0v) is 8.65. The number of carboxylic acid groups (broad SMARTS) is 1. The molecule has 1 N–H and O–H groups in total. The predicted molar refractivity (Wildman–Crippen MR) is 53.1 cm³/mol. The van der Waals surface area contributed by atoms with Crippen molar-refractivity contribution in [3.05, 3.63) is 30.1 Å². The van der Waals surface area contributed by atoms with Crippen molar-refractivity contribution in [3.8, 4) is 0 Å². The van der Waals surface area contributed by atoms with E-state index in [2.05, 4.69) is 4.98 Å². The SMILES string of the molecule is Br.O=C(O)C1(c2cccnc2)CC1. The maximum Gasteiger partial charge on any atom is 0.314 e. The van der Waals surface area contributed by atoms with Crippen LogP contribution >= 0.6 is 17.0 Å². The van der Waals surface area contributed by atoms with Gasteiger partial charge in [-0.3, -0.25) is 9.78 Å². The highest BCUT2D eigenvalue weighted by atomic mass is 79.9. The number of nitrogens with zero attached hydrogens (tertiary/aromatic N) is 1. The highest BCUT2D eigenvalue weighted by Crippen LogP contribution is 2.47. The first kappa shape index (κ1) is 10.2. The van der Waals surface area contributed by atoms with Crippen LogP contribution in [0.5, 0.6) is 0 Å². The summed E-state index contributed by atoms with van der Waals surface area (Å²) < 4.78 is 0. The molecule has 0 bridgehead atoms. The smallest absolute Gasteiger partial charge is 0.314 e. The van der Waals surface area contributed by atoms with Gasteiger partial charge in [0.05, 0.1) is 5.41 Å². The molecule has 0 spiro atoms. The van der Waals surface area contributed by atoms with Gasteiger partial charge >= 0.3 is 5.97 Å². The van der Waals surface area contributed by atoms with Crippen LogP contribution in [0.1, 0.15) is 18.4 Å². The van der Waals surface area contributed by atoms with Crippen molar-refractivity contribution in [1.29, 1.82) is 0 Å². The minimum atomic E-state index is -0.726. The van der Waals surface area contributed by atoms with Gasteiger partial charge in [0.15, 0.2) is 0 Å². The van der Waals surface area contributed by atoms with Crippen molar-refractivity contribution in [2.24, 2.45) is 0 Å². The number of pyridine rings is 1. The van der Waals surface area contributed by atoms with Gasteiger partial charge in [0.2, 0.25) is 0 Å². The van der Waals surface area contributed by atoms with Crippen LogP contribution < -0.4 is 0 Å². The zero-order valence-electron chi connectivity index (χ0n) is 6.93. The summed E-state index contributed by atoms with van der Waals surface area (Å²) in [7, 11) is 0. The largest absolute Gasteiger partial charge is 0.481 e.